The van der Waals surface area contributed by atoms with Crippen molar-refractivity contribution in [2.24, 2.45) is 0 Å². The molecular formula is C26F10N6. The van der Waals surface area contributed by atoms with Crippen molar-refractivity contribution in [2.45, 2.75) is 0 Å². The van der Waals surface area contributed by atoms with Crippen LogP contribution in [0.2, 0.25) is 0 Å². The van der Waals surface area contributed by atoms with Gasteiger partial charge >= 0.3 is 0 Å². The first-order chi connectivity index (χ1) is 19.8. The van der Waals surface area contributed by atoms with E-state index in [4.69, 9.17) is 19.7 Å². The fourth-order valence-electron chi connectivity index (χ4n) is 3.84. The number of nitriles is 3. The number of halogens is 10. The largest absolute Gasteiger partial charge is 0.269 e. The second-order valence-electron chi connectivity index (χ2n) is 7.48. The summed E-state index contributed by atoms with van der Waals surface area (Å²) >= 11 is 0. The predicted octanol–water partition coefficient (Wildman–Crippen LogP) is 5.94. The number of benzene rings is 3. The van der Waals surface area contributed by atoms with Crippen molar-refractivity contribution >= 4 is 17.1 Å². The van der Waals surface area contributed by atoms with Gasteiger partial charge in [-0.1, -0.05) is 0 Å². The maximum absolute atomic E-state index is 15.0. The predicted molar refractivity (Wildman–Crippen MR) is 118 cm³/mol. The molecule has 0 aromatic heterocycles. The molecule has 16 heteroatoms. The van der Waals surface area contributed by atoms with Crippen LogP contribution in [0, 0.1) is 112 Å². The van der Waals surface area contributed by atoms with E-state index in [1.165, 1.54) is 0 Å². The summed E-state index contributed by atoms with van der Waals surface area (Å²) in [5, 5.41) is 25.8. The van der Waals surface area contributed by atoms with Crippen LogP contribution in [0.15, 0.2) is 0 Å². The van der Waals surface area contributed by atoms with Crippen molar-refractivity contribution < 1.29 is 43.9 Å². The minimum atomic E-state index is -2.73. The van der Waals surface area contributed by atoms with Crippen LogP contribution in [-0.2, 0) is 0 Å². The summed E-state index contributed by atoms with van der Waals surface area (Å²) in [5.41, 5.74) is -13.8. The third-order valence-electron chi connectivity index (χ3n) is 5.53. The molecule has 0 aliphatic rings. The van der Waals surface area contributed by atoms with Crippen LogP contribution in [0.3, 0.4) is 0 Å². The van der Waals surface area contributed by atoms with Gasteiger partial charge in [-0.15, -0.1) is 0 Å². The van der Waals surface area contributed by atoms with E-state index in [2.05, 4.69) is 14.5 Å². The maximum atomic E-state index is 15.0. The quantitative estimate of drug-likeness (QED) is 0.161. The van der Waals surface area contributed by atoms with Crippen LogP contribution in [-0.4, -0.2) is 0 Å². The Morgan fingerprint density at radius 1 is 0.476 bits per heavy atom. The highest BCUT2D eigenvalue weighted by Gasteiger charge is 2.35. The zero-order valence-corrected chi connectivity index (χ0v) is 19.5. The Labute approximate surface area is 226 Å². The molecule has 0 spiro atoms. The van der Waals surface area contributed by atoms with Gasteiger partial charge in [-0.05, 0) is 11.1 Å². The fraction of sp³-hybridized carbons (Fsp3) is 0. The molecule has 0 bridgehead atoms. The molecule has 3 rings (SSSR count). The Bertz CT molecular complexity index is 1920. The fourth-order valence-corrected chi connectivity index (χ4v) is 3.84. The van der Waals surface area contributed by atoms with Crippen molar-refractivity contribution in [1.29, 1.82) is 15.8 Å². The minimum absolute atomic E-state index is 1.07. The summed E-state index contributed by atoms with van der Waals surface area (Å²) in [6.07, 6.45) is 0. The molecule has 3 aromatic carbocycles. The molecule has 6 nitrogen and oxygen atoms in total. The van der Waals surface area contributed by atoms with Gasteiger partial charge in [-0.3, -0.25) is 0 Å². The molecule has 204 valence electrons. The summed E-state index contributed by atoms with van der Waals surface area (Å²) in [7, 11) is 0. The maximum Gasteiger partial charge on any atom is 0.269 e. The topological polar surface area (TPSA) is 84.4 Å². The van der Waals surface area contributed by atoms with Gasteiger partial charge in [0.05, 0.1) is 49.1 Å². The lowest BCUT2D eigenvalue weighted by atomic mass is 9.86. The highest BCUT2D eigenvalue weighted by molar-refractivity contribution is 5.94. The molecule has 0 N–H and O–H groups in total. The third-order valence-corrected chi connectivity index (χ3v) is 5.53. The molecule has 0 amide bonds. The first-order valence-corrected chi connectivity index (χ1v) is 10.2. The number of rotatable bonds is 2. The second-order valence-corrected chi connectivity index (χ2v) is 7.48. The van der Waals surface area contributed by atoms with Crippen molar-refractivity contribution in [3.63, 3.8) is 0 Å². The van der Waals surface area contributed by atoms with Gasteiger partial charge < -0.3 is 0 Å². The summed E-state index contributed by atoms with van der Waals surface area (Å²) in [5.74, 6) is -26.9. The van der Waals surface area contributed by atoms with Crippen molar-refractivity contribution in [1.82, 2.24) is 0 Å². The van der Waals surface area contributed by atoms with Crippen LogP contribution < -0.4 is 10.4 Å². The Hall–Kier alpha value is -6.36. The number of nitrogens with zero attached hydrogens (tertiary/aromatic N) is 6. The molecule has 0 aliphatic heterocycles. The average molecular weight is 586 g/mol. The molecule has 0 saturated heterocycles. The van der Waals surface area contributed by atoms with E-state index in [1.54, 1.807) is 0 Å². The van der Waals surface area contributed by atoms with E-state index in [0.29, 0.717) is 0 Å². The molecule has 0 atom stereocenters. The van der Waals surface area contributed by atoms with Crippen molar-refractivity contribution in [2.75, 3.05) is 0 Å². The highest BCUT2D eigenvalue weighted by atomic mass is 19.2. The first kappa shape index (κ1) is 30.2. The molecule has 3 aromatic rings. The monoisotopic (exact) mass is 586 g/mol. The van der Waals surface area contributed by atoms with Crippen molar-refractivity contribution in [3.05, 3.63) is 108 Å². The lowest BCUT2D eigenvalue weighted by Crippen LogP contribution is -2.26. The molecular weight excluding hydrogens is 586 g/mol. The van der Waals surface area contributed by atoms with E-state index in [-0.39, 0.29) is 0 Å². The Kier molecular flexibility index (Phi) is 7.92. The summed E-state index contributed by atoms with van der Waals surface area (Å²) < 4.78 is 145. The van der Waals surface area contributed by atoms with Gasteiger partial charge in [0.2, 0.25) is 11.6 Å². The lowest BCUT2D eigenvalue weighted by molar-refractivity contribution is 0.381. The molecule has 0 heterocycles. The van der Waals surface area contributed by atoms with Gasteiger partial charge in [0, 0.05) is 16.0 Å². The van der Waals surface area contributed by atoms with E-state index >= 15 is 17.6 Å². The van der Waals surface area contributed by atoms with Gasteiger partial charge in [-0.25, -0.2) is 69.0 Å². The van der Waals surface area contributed by atoms with Gasteiger partial charge in [-0.2, -0.15) is 5.26 Å². The van der Waals surface area contributed by atoms with Gasteiger partial charge in [0.1, 0.15) is 0 Å². The molecule has 0 radical (unpaired) electrons. The van der Waals surface area contributed by atoms with Crippen LogP contribution in [0.5, 0.6) is 0 Å². The molecule has 0 saturated carbocycles. The molecule has 0 fully saturated rings. The highest BCUT2D eigenvalue weighted by Crippen LogP contribution is 2.39. The molecule has 42 heavy (non-hydrogen) atoms. The number of hydrogen-bond acceptors (Lipinski definition) is 3. The van der Waals surface area contributed by atoms with E-state index in [1.807, 2.05) is 0 Å². The zero-order valence-electron chi connectivity index (χ0n) is 19.5. The molecule has 0 unspecified atom stereocenters. The van der Waals surface area contributed by atoms with E-state index in [0.717, 1.165) is 18.2 Å². The standard InChI is InChI=1S/C26F10N6/c1-40-8(5-38)10-7(4-37)11(14-16(27)20(31)24(35)21(32)17(14)28)12(9(6-39)41-2)26(42-3)13(10)15-18(29)22(33)25(36)23(34)19(15)30. The van der Waals surface area contributed by atoms with Gasteiger partial charge in [0.25, 0.3) is 11.4 Å². The third kappa shape index (κ3) is 4.09. The van der Waals surface area contributed by atoms with Crippen LogP contribution in [0.4, 0.5) is 49.6 Å². The summed E-state index contributed by atoms with van der Waals surface area (Å²) in [4.78, 5) is 8.00. The summed E-state index contributed by atoms with van der Waals surface area (Å²) in [6, 6.07) is 3.23. The lowest BCUT2D eigenvalue weighted by Gasteiger charge is -2.18. The first-order valence-electron chi connectivity index (χ1n) is 10.2. The SMILES string of the molecule is [C-]#[N+]C(C#N)=c1c(C#N)c(-c2c(F)c(F)c(F)c(F)c2F)c(=C(C#N)[N+]#[C-])c([N+]#[C-])c1-c1c(F)c(F)c(F)c(F)c1F. The minimum Gasteiger partial charge on any atom is -0.238 e. The normalized spacial score (nSPS) is 11.7. The molecule has 0 aliphatic carbocycles. The Balaban J connectivity index is 3.13. The van der Waals surface area contributed by atoms with E-state index in [9.17, 15) is 42.1 Å². The Morgan fingerprint density at radius 2 is 0.810 bits per heavy atom. The summed E-state index contributed by atoms with van der Waals surface area (Å²) in [6.45, 7) is 21.9. The van der Waals surface area contributed by atoms with Crippen molar-refractivity contribution in [3.8, 4) is 40.5 Å². The van der Waals surface area contributed by atoms with E-state index < -0.39 is 114 Å². The average Bonchev–Trinajstić information content (AvgIpc) is 2.99. The van der Waals surface area contributed by atoms with Crippen LogP contribution in [0.1, 0.15) is 5.56 Å². The van der Waals surface area contributed by atoms with Gasteiger partial charge in [0.15, 0.2) is 52.2 Å². The van der Waals surface area contributed by atoms with Crippen LogP contribution >= 0.6 is 0 Å². The smallest absolute Gasteiger partial charge is 0.238 e. The second kappa shape index (κ2) is 11.0. The van der Waals surface area contributed by atoms with Crippen LogP contribution in [0.25, 0.3) is 48.2 Å². The Morgan fingerprint density at radius 3 is 1.12 bits per heavy atom. The zero-order chi connectivity index (χ0) is 31.8. The number of hydrogen-bond donors (Lipinski definition) is 0.